The van der Waals surface area contributed by atoms with Gasteiger partial charge in [0.1, 0.15) is 0 Å². The van der Waals surface area contributed by atoms with E-state index in [1.54, 1.807) is 22.3 Å². The van der Waals surface area contributed by atoms with E-state index < -0.39 is 0 Å². The third kappa shape index (κ3) is 10.6. The highest BCUT2D eigenvalue weighted by atomic mass is 15.2. The fourth-order valence-corrected chi connectivity index (χ4v) is 16.4. The van der Waals surface area contributed by atoms with Gasteiger partial charge in [0.2, 0.25) is 0 Å². The average Bonchev–Trinajstić information content (AvgIpc) is 3.73. The van der Waals surface area contributed by atoms with Gasteiger partial charge in [-0.05, 0) is 204 Å². The standard InChI is InChI=1S/C79H88N2/c1-3-5-7-9-11-23-51-79(52-24-12-10-8-6-4-2)75-55-65(80(63-31-15-13-16-32-63)77-37-21-19-35-69(77)61-43-47-67-57-27-25-29-59(41-39-57)73(67)53-61)45-49-71(75)72-50-46-66(56-76(72)79)81(64-33-17-14-18-34-64)78-38-22-20-36-70(78)62-44-48-68-58-28-26-30-60(42-40-58)74(68)54-62/h13-22,31-38,43-50,53-60H,3-12,23-30,39-42,51-52H2,1-2H3. The third-order valence-corrected chi connectivity index (χ3v) is 20.6. The normalized spacial score (nSPS) is 19.0. The lowest BCUT2D eigenvalue weighted by atomic mass is 9.70. The van der Waals surface area contributed by atoms with Crippen molar-refractivity contribution in [2.45, 2.75) is 197 Å². The molecule has 8 aromatic rings. The van der Waals surface area contributed by atoms with Crippen LogP contribution < -0.4 is 9.80 Å². The van der Waals surface area contributed by atoms with Gasteiger partial charge >= 0.3 is 0 Å². The molecule has 0 saturated heterocycles. The van der Waals surface area contributed by atoms with E-state index in [0.29, 0.717) is 11.8 Å². The van der Waals surface area contributed by atoms with Gasteiger partial charge < -0.3 is 9.80 Å². The summed E-state index contributed by atoms with van der Waals surface area (Å²) in [7, 11) is 0. The van der Waals surface area contributed by atoms with Crippen molar-refractivity contribution in [2.24, 2.45) is 0 Å². The van der Waals surface area contributed by atoms with Gasteiger partial charge in [-0.25, -0.2) is 0 Å². The number of unbranched alkanes of at least 4 members (excludes halogenated alkanes) is 10. The average molecular weight is 1070 g/mol. The molecule has 7 aliphatic carbocycles. The van der Waals surface area contributed by atoms with Crippen LogP contribution in [0.25, 0.3) is 33.4 Å². The number of hydrogen-bond donors (Lipinski definition) is 0. The van der Waals surface area contributed by atoms with Crippen molar-refractivity contribution in [1.29, 1.82) is 0 Å². The lowest BCUT2D eigenvalue weighted by Crippen LogP contribution is -2.26. The van der Waals surface area contributed by atoms with Crippen LogP contribution in [0, 0.1) is 0 Å². The Hall–Kier alpha value is -6.64. The van der Waals surface area contributed by atoms with Gasteiger partial charge in [0.15, 0.2) is 0 Å². The lowest BCUT2D eigenvalue weighted by Gasteiger charge is -2.35. The SMILES string of the molecule is CCCCCCCCC1(CCCCCCCC)c2cc(N(c3ccccc3)c3ccccc3-c3ccc4c(c3)C3CCCC4CC3)ccc2-c2ccc(N(c3ccccc3)c3ccccc3-c3ccc4c(c3)C3CCCC4CC3)cc21. The molecule has 0 aromatic heterocycles. The van der Waals surface area contributed by atoms with Crippen molar-refractivity contribution in [2.75, 3.05) is 9.80 Å². The highest BCUT2D eigenvalue weighted by molar-refractivity contribution is 5.93. The molecule has 4 atom stereocenters. The minimum atomic E-state index is -0.150. The molecule has 0 heterocycles. The van der Waals surface area contributed by atoms with E-state index >= 15 is 0 Å². The number of anilines is 6. The second-order valence-corrected chi connectivity index (χ2v) is 25.4. The monoisotopic (exact) mass is 1060 g/mol. The van der Waals surface area contributed by atoms with Crippen LogP contribution in [0.1, 0.15) is 225 Å². The van der Waals surface area contributed by atoms with E-state index in [-0.39, 0.29) is 5.41 Å². The summed E-state index contributed by atoms with van der Waals surface area (Å²) in [5.74, 6) is 2.81. The Morgan fingerprint density at radius 1 is 0.321 bits per heavy atom. The molecule has 2 nitrogen and oxygen atoms in total. The summed E-state index contributed by atoms with van der Waals surface area (Å²) in [5, 5.41) is 0. The third-order valence-electron chi connectivity index (χ3n) is 20.6. The predicted octanol–water partition coefficient (Wildman–Crippen LogP) is 24.0. The van der Waals surface area contributed by atoms with E-state index in [1.165, 1.54) is 220 Å². The van der Waals surface area contributed by atoms with Crippen molar-refractivity contribution in [1.82, 2.24) is 0 Å². The Morgan fingerprint density at radius 2 is 0.704 bits per heavy atom. The molecule has 0 aliphatic heterocycles. The van der Waals surface area contributed by atoms with Crippen LogP contribution >= 0.6 is 0 Å². The molecule has 0 spiro atoms. The molecule has 0 radical (unpaired) electrons. The van der Waals surface area contributed by atoms with Crippen molar-refractivity contribution in [3.8, 4) is 33.4 Å². The van der Waals surface area contributed by atoms with Gasteiger partial charge in [-0.1, -0.05) is 225 Å². The maximum Gasteiger partial charge on any atom is 0.0540 e. The molecule has 414 valence electrons. The first-order valence-corrected chi connectivity index (χ1v) is 32.6. The first-order chi connectivity index (χ1) is 40.1. The Morgan fingerprint density at radius 3 is 1.14 bits per heavy atom. The first-order valence-electron chi connectivity index (χ1n) is 32.6. The highest BCUT2D eigenvalue weighted by Gasteiger charge is 2.44. The lowest BCUT2D eigenvalue weighted by molar-refractivity contribution is 0.398. The van der Waals surface area contributed by atoms with Crippen LogP contribution in [0.15, 0.2) is 182 Å². The fourth-order valence-electron chi connectivity index (χ4n) is 16.4. The second kappa shape index (κ2) is 24.4. The van der Waals surface area contributed by atoms with Crippen LogP contribution in [-0.4, -0.2) is 0 Å². The van der Waals surface area contributed by atoms with Gasteiger partial charge in [0, 0.05) is 39.3 Å². The summed E-state index contributed by atoms with van der Waals surface area (Å²) in [6, 6.07) is 71.7. The zero-order valence-electron chi connectivity index (χ0n) is 49.0. The molecule has 2 fully saturated rings. The molecule has 81 heavy (non-hydrogen) atoms. The zero-order chi connectivity index (χ0) is 54.5. The summed E-state index contributed by atoms with van der Waals surface area (Å²) < 4.78 is 0. The van der Waals surface area contributed by atoms with Gasteiger partial charge in [0.25, 0.3) is 0 Å². The molecule has 8 aromatic carbocycles. The van der Waals surface area contributed by atoms with Crippen molar-refractivity contribution >= 4 is 34.1 Å². The Kier molecular flexibility index (Phi) is 16.2. The molecule has 4 unspecified atom stereocenters. The first kappa shape index (κ1) is 53.7. The fraction of sp³-hybridized carbons (Fsp3) is 0.392. The predicted molar refractivity (Wildman–Crippen MR) is 346 cm³/mol. The molecule has 4 bridgehead atoms. The van der Waals surface area contributed by atoms with E-state index in [9.17, 15) is 0 Å². The van der Waals surface area contributed by atoms with E-state index in [2.05, 4.69) is 206 Å². The van der Waals surface area contributed by atoms with Crippen LogP contribution in [0.3, 0.4) is 0 Å². The molecule has 0 amide bonds. The van der Waals surface area contributed by atoms with Crippen molar-refractivity contribution in [3.05, 3.63) is 215 Å². The molecule has 2 saturated carbocycles. The second-order valence-electron chi connectivity index (χ2n) is 25.4. The van der Waals surface area contributed by atoms with Crippen LogP contribution in [0.5, 0.6) is 0 Å². The van der Waals surface area contributed by atoms with Gasteiger partial charge in [0.05, 0.1) is 11.4 Å². The summed E-state index contributed by atoms with van der Waals surface area (Å²) >= 11 is 0. The number of fused-ring (bicyclic) bond motifs is 9. The van der Waals surface area contributed by atoms with Gasteiger partial charge in [-0.2, -0.15) is 0 Å². The summed E-state index contributed by atoms with van der Waals surface area (Å²) in [6.45, 7) is 4.69. The summed E-state index contributed by atoms with van der Waals surface area (Å²) in [5.41, 5.74) is 25.0. The number of nitrogens with zero attached hydrogens (tertiary/aromatic N) is 2. The summed E-state index contributed by atoms with van der Waals surface area (Å²) in [6.07, 6.45) is 31.3. The topological polar surface area (TPSA) is 6.48 Å². The molecular weight excluding hydrogens is 977 g/mol. The van der Waals surface area contributed by atoms with Crippen LogP contribution in [0.4, 0.5) is 34.1 Å². The van der Waals surface area contributed by atoms with Crippen molar-refractivity contribution < 1.29 is 0 Å². The largest absolute Gasteiger partial charge is 0.310 e. The quantitative estimate of drug-likeness (QED) is 0.0624. The highest BCUT2D eigenvalue weighted by Crippen LogP contribution is 2.58. The molecule has 15 rings (SSSR count). The Bertz CT molecular complexity index is 3190. The minimum Gasteiger partial charge on any atom is -0.310 e. The minimum absolute atomic E-state index is 0.150. The summed E-state index contributed by atoms with van der Waals surface area (Å²) in [4.78, 5) is 5.20. The van der Waals surface area contributed by atoms with Crippen molar-refractivity contribution in [3.63, 3.8) is 0 Å². The number of para-hydroxylation sites is 4. The van der Waals surface area contributed by atoms with Gasteiger partial charge in [-0.15, -0.1) is 0 Å². The molecular formula is C79H88N2. The van der Waals surface area contributed by atoms with E-state index in [1.807, 2.05) is 0 Å². The van der Waals surface area contributed by atoms with E-state index in [0.717, 1.165) is 24.7 Å². The molecule has 7 aliphatic rings. The molecule has 0 N–H and O–H groups in total. The Balaban J connectivity index is 0.957. The van der Waals surface area contributed by atoms with E-state index in [4.69, 9.17) is 0 Å². The smallest absolute Gasteiger partial charge is 0.0540 e. The van der Waals surface area contributed by atoms with Crippen LogP contribution in [0.2, 0.25) is 0 Å². The van der Waals surface area contributed by atoms with Crippen LogP contribution in [-0.2, 0) is 5.41 Å². The van der Waals surface area contributed by atoms with Gasteiger partial charge in [-0.3, -0.25) is 0 Å². The number of hydrogen-bond acceptors (Lipinski definition) is 2. The molecule has 2 heteroatoms. The zero-order valence-corrected chi connectivity index (χ0v) is 49.0. The number of rotatable bonds is 22. The number of benzene rings is 8. The maximum absolute atomic E-state index is 2.68. The maximum atomic E-state index is 2.68. The Labute approximate surface area is 487 Å².